The SMILES string of the molecule is CCN1CCC[C@@H]1CNC(=O)c1cccc(C)n1. The van der Waals surface area contributed by atoms with E-state index in [1.165, 1.54) is 12.8 Å². The highest BCUT2D eigenvalue weighted by molar-refractivity contribution is 5.92. The molecule has 0 unspecified atom stereocenters. The van der Waals surface area contributed by atoms with Crippen LogP contribution in [0.15, 0.2) is 18.2 Å². The van der Waals surface area contributed by atoms with Crippen molar-refractivity contribution < 1.29 is 4.79 Å². The number of nitrogens with zero attached hydrogens (tertiary/aromatic N) is 2. The van der Waals surface area contributed by atoms with E-state index in [4.69, 9.17) is 0 Å². The smallest absolute Gasteiger partial charge is 0.269 e. The zero-order valence-corrected chi connectivity index (χ0v) is 11.1. The molecule has 1 fully saturated rings. The number of aryl methyl sites for hydroxylation is 1. The molecule has 1 atom stereocenters. The Bertz CT molecular complexity index is 419. The predicted octanol–water partition coefficient (Wildman–Crippen LogP) is 1.60. The molecular weight excluding hydrogens is 226 g/mol. The topological polar surface area (TPSA) is 45.2 Å². The molecule has 1 saturated heterocycles. The predicted molar refractivity (Wildman–Crippen MR) is 71.6 cm³/mol. The Morgan fingerprint density at radius 1 is 1.56 bits per heavy atom. The molecule has 18 heavy (non-hydrogen) atoms. The number of likely N-dealkylation sites (tertiary alicyclic amines) is 1. The number of hydrogen-bond donors (Lipinski definition) is 1. The van der Waals surface area contributed by atoms with Crippen LogP contribution in [0.5, 0.6) is 0 Å². The van der Waals surface area contributed by atoms with Gasteiger partial charge in [-0.3, -0.25) is 9.69 Å². The fraction of sp³-hybridized carbons (Fsp3) is 0.571. The highest BCUT2D eigenvalue weighted by atomic mass is 16.1. The molecule has 0 bridgehead atoms. The second-order valence-corrected chi connectivity index (χ2v) is 4.80. The number of nitrogens with one attached hydrogen (secondary N) is 1. The first-order valence-corrected chi connectivity index (χ1v) is 6.66. The van der Waals surface area contributed by atoms with E-state index in [-0.39, 0.29) is 5.91 Å². The average Bonchev–Trinajstić information content (AvgIpc) is 2.83. The molecule has 2 rings (SSSR count). The maximum absolute atomic E-state index is 12.0. The lowest BCUT2D eigenvalue weighted by Crippen LogP contribution is -2.40. The highest BCUT2D eigenvalue weighted by Gasteiger charge is 2.23. The lowest BCUT2D eigenvalue weighted by atomic mass is 10.2. The van der Waals surface area contributed by atoms with Crippen molar-refractivity contribution in [3.8, 4) is 0 Å². The van der Waals surface area contributed by atoms with Crippen LogP contribution in [0.4, 0.5) is 0 Å². The van der Waals surface area contributed by atoms with Crippen LogP contribution in [0.25, 0.3) is 0 Å². The zero-order valence-electron chi connectivity index (χ0n) is 11.1. The molecule has 0 saturated carbocycles. The van der Waals surface area contributed by atoms with Crippen molar-refractivity contribution >= 4 is 5.91 Å². The second-order valence-electron chi connectivity index (χ2n) is 4.80. The first-order valence-electron chi connectivity index (χ1n) is 6.66. The summed E-state index contributed by atoms with van der Waals surface area (Å²) in [7, 11) is 0. The second kappa shape index (κ2) is 5.96. The van der Waals surface area contributed by atoms with Gasteiger partial charge in [0.15, 0.2) is 0 Å². The van der Waals surface area contributed by atoms with E-state index in [1.807, 2.05) is 19.1 Å². The van der Waals surface area contributed by atoms with Gasteiger partial charge in [0.25, 0.3) is 5.91 Å². The summed E-state index contributed by atoms with van der Waals surface area (Å²) in [5.41, 5.74) is 1.38. The Morgan fingerprint density at radius 3 is 3.11 bits per heavy atom. The summed E-state index contributed by atoms with van der Waals surface area (Å²) in [4.78, 5) is 18.6. The number of pyridine rings is 1. The molecule has 98 valence electrons. The fourth-order valence-corrected chi connectivity index (χ4v) is 2.51. The minimum absolute atomic E-state index is 0.0679. The van der Waals surface area contributed by atoms with Crippen molar-refractivity contribution in [1.82, 2.24) is 15.2 Å². The average molecular weight is 247 g/mol. The number of hydrogen-bond acceptors (Lipinski definition) is 3. The number of carbonyl (C=O) groups is 1. The number of amides is 1. The van der Waals surface area contributed by atoms with Gasteiger partial charge in [0.2, 0.25) is 0 Å². The van der Waals surface area contributed by atoms with Crippen LogP contribution in [-0.4, -0.2) is 41.5 Å². The van der Waals surface area contributed by atoms with Gasteiger partial charge in [-0.25, -0.2) is 4.98 Å². The van der Waals surface area contributed by atoms with Gasteiger partial charge in [-0.1, -0.05) is 13.0 Å². The molecule has 4 nitrogen and oxygen atoms in total. The normalized spacial score (nSPS) is 20.0. The van der Waals surface area contributed by atoms with Gasteiger partial charge >= 0.3 is 0 Å². The van der Waals surface area contributed by atoms with Gasteiger partial charge in [-0.15, -0.1) is 0 Å². The molecule has 0 radical (unpaired) electrons. The molecular formula is C14H21N3O. The number of likely N-dealkylation sites (N-methyl/N-ethyl adjacent to an activating group) is 1. The molecule has 1 aliphatic rings. The van der Waals surface area contributed by atoms with Gasteiger partial charge in [-0.2, -0.15) is 0 Å². The van der Waals surface area contributed by atoms with Crippen molar-refractivity contribution in [2.75, 3.05) is 19.6 Å². The third kappa shape index (κ3) is 3.07. The zero-order chi connectivity index (χ0) is 13.0. The van der Waals surface area contributed by atoms with E-state index in [0.29, 0.717) is 11.7 Å². The van der Waals surface area contributed by atoms with Crippen molar-refractivity contribution in [3.05, 3.63) is 29.6 Å². The molecule has 1 aromatic rings. The van der Waals surface area contributed by atoms with E-state index in [0.717, 1.165) is 25.3 Å². The summed E-state index contributed by atoms with van der Waals surface area (Å²) in [6, 6.07) is 6.01. The molecule has 0 aliphatic carbocycles. The maximum Gasteiger partial charge on any atom is 0.269 e. The van der Waals surface area contributed by atoms with Crippen LogP contribution in [0.1, 0.15) is 35.9 Å². The summed E-state index contributed by atoms with van der Waals surface area (Å²) < 4.78 is 0. The number of rotatable bonds is 4. The monoisotopic (exact) mass is 247 g/mol. The van der Waals surface area contributed by atoms with E-state index in [1.54, 1.807) is 6.07 Å². The Hall–Kier alpha value is -1.42. The first-order chi connectivity index (χ1) is 8.70. The van der Waals surface area contributed by atoms with E-state index < -0.39 is 0 Å². The Kier molecular flexibility index (Phi) is 4.31. The van der Waals surface area contributed by atoms with E-state index >= 15 is 0 Å². The number of aromatic nitrogens is 1. The molecule has 4 heteroatoms. The van der Waals surface area contributed by atoms with Gasteiger partial charge < -0.3 is 5.32 Å². The van der Waals surface area contributed by atoms with E-state index in [9.17, 15) is 4.79 Å². The fourth-order valence-electron chi connectivity index (χ4n) is 2.51. The van der Waals surface area contributed by atoms with Crippen LogP contribution in [-0.2, 0) is 0 Å². The van der Waals surface area contributed by atoms with Crippen LogP contribution in [0.2, 0.25) is 0 Å². The van der Waals surface area contributed by atoms with Crippen LogP contribution < -0.4 is 5.32 Å². The third-order valence-electron chi connectivity index (χ3n) is 3.52. The van der Waals surface area contributed by atoms with Gasteiger partial charge in [0.05, 0.1) is 0 Å². The Morgan fingerprint density at radius 2 is 2.39 bits per heavy atom. The Balaban J connectivity index is 1.88. The Labute approximate surface area is 108 Å². The molecule has 2 heterocycles. The molecule has 1 N–H and O–H groups in total. The van der Waals surface area contributed by atoms with Gasteiger partial charge in [0, 0.05) is 18.3 Å². The molecule has 0 spiro atoms. The summed E-state index contributed by atoms with van der Waals surface area (Å²) >= 11 is 0. The molecule has 1 aromatic heterocycles. The number of carbonyl (C=O) groups excluding carboxylic acids is 1. The van der Waals surface area contributed by atoms with Crippen LogP contribution in [0, 0.1) is 6.92 Å². The lowest BCUT2D eigenvalue weighted by molar-refractivity contribution is 0.0936. The van der Waals surface area contributed by atoms with E-state index in [2.05, 4.69) is 22.1 Å². The summed E-state index contributed by atoms with van der Waals surface area (Å²) in [6.45, 7) is 7.00. The molecule has 1 aliphatic heterocycles. The molecule has 0 aromatic carbocycles. The first kappa shape index (κ1) is 13.0. The standard InChI is InChI=1S/C14H21N3O/c1-3-17-9-5-7-12(17)10-15-14(18)13-8-4-6-11(2)16-13/h4,6,8,12H,3,5,7,9-10H2,1-2H3,(H,15,18)/t12-/m1/s1. The molecule has 1 amide bonds. The van der Waals surface area contributed by atoms with Crippen molar-refractivity contribution in [1.29, 1.82) is 0 Å². The quantitative estimate of drug-likeness (QED) is 0.879. The van der Waals surface area contributed by atoms with Crippen molar-refractivity contribution in [2.45, 2.75) is 32.7 Å². The van der Waals surface area contributed by atoms with Crippen LogP contribution in [0.3, 0.4) is 0 Å². The van der Waals surface area contributed by atoms with Crippen LogP contribution >= 0.6 is 0 Å². The summed E-state index contributed by atoms with van der Waals surface area (Å²) in [6.07, 6.45) is 2.41. The third-order valence-corrected chi connectivity index (χ3v) is 3.52. The minimum atomic E-state index is -0.0679. The van der Waals surface area contributed by atoms with Gasteiger partial charge in [0.1, 0.15) is 5.69 Å². The minimum Gasteiger partial charge on any atom is -0.349 e. The van der Waals surface area contributed by atoms with Crippen molar-refractivity contribution in [2.24, 2.45) is 0 Å². The summed E-state index contributed by atoms with van der Waals surface area (Å²) in [5, 5.41) is 2.99. The lowest BCUT2D eigenvalue weighted by Gasteiger charge is -2.22. The largest absolute Gasteiger partial charge is 0.349 e. The summed E-state index contributed by atoms with van der Waals surface area (Å²) in [5.74, 6) is -0.0679. The highest BCUT2D eigenvalue weighted by Crippen LogP contribution is 2.15. The maximum atomic E-state index is 12.0. The van der Waals surface area contributed by atoms with Gasteiger partial charge in [-0.05, 0) is 45.0 Å². The van der Waals surface area contributed by atoms with Crippen molar-refractivity contribution in [3.63, 3.8) is 0 Å².